The van der Waals surface area contributed by atoms with Crippen molar-refractivity contribution in [3.63, 3.8) is 0 Å². The number of rotatable bonds is 4. The molecule has 1 aliphatic rings. The van der Waals surface area contributed by atoms with Gasteiger partial charge in [-0.1, -0.05) is 23.7 Å². The summed E-state index contributed by atoms with van der Waals surface area (Å²) in [5.74, 6) is -0.196. The van der Waals surface area contributed by atoms with Gasteiger partial charge in [0.05, 0.1) is 11.1 Å². The van der Waals surface area contributed by atoms with Gasteiger partial charge in [-0.2, -0.15) is 4.72 Å². The minimum atomic E-state index is -3.79. The average molecular weight is 317 g/mol. The molecule has 0 radical (unpaired) electrons. The van der Waals surface area contributed by atoms with Gasteiger partial charge in [-0.25, -0.2) is 8.42 Å². The lowest BCUT2D eigenvalue weighted by atomic mass is 10.3. The third-order valence-corrected chi connectivity index (χ3v) is 5.29. The highest BCUT2D eigenvalue weighted by Gasteiger charge is 2.28. The van der Waals surface area contributed by atoms with Crippen LogP contribution in [-0.4, -0.2) is 38.4 Å². The van der Waals surface area contributed by atoms with Crippen molar-refractivity contribution in [3.8, 4) is 0 Å². The third-order valence-electron chi connectivity index (χ3n) is 3.25. The quantitative estimate of drug-likeness (QED) is 0.918. The molecule has 2 rings (SSSR count). The topological polar surface area (TPSA) is 66.5 Å². The van der Waals surface area contributed by atoms with Gasteiger partial charge < -0.3 is 4.90 Å². The highest BCUT2D eigenvalue weighted by molar-refractivity contribution is 7.89. The van der Waals surface area contributed by atoms with Gasteiger partial charge >= 0.3 is 0 Å². The summed E-state index contributed by atoms with van der Waals surface area (Å²) in [5.41, 5.74) is 0. The molecule has 1 saturated heterocycles. The van der Waals surface area contributed by atoms with Crippen LogP contribution in [0, 0.1) is 0 Å². The standard InChI is InChI=1S/C13H17ClN2O3S/c1-10(13(17)16-8-4-5-9-16)15-20(18,19)12-7-3-2-6-11(12)14/h2-3,6-7,10,15H,4-5,8-9H2,1H3/t10-/m1/s1. The Morgan fingerprint density at radius 2 is 1.90 bits per heavy atom. The van der Waals surface area contributed by atoms with Gasteiger partial charge in [0, 0.05) is 13.1 Å². The van der Waals surface area contributed by atoms with E-state index in [-0.39, 0.29) is 15.8 Å². The maximum Gasteiger partial charge on any atom is 0.242 e. The van der Waals surface area contributed by atoms with Crippen molar-refractivity contribution in [2.75, 3.05) is 13.1 Å². The Morgan fingerprint density at radius 1 is 1.30 bits per heavy atom. The van der Waals surface area contributed by atoms with Gasteiger partial charge in [-0.3, -0.25) is 4.79 Å². The molecule has 1 aliphatic heterocycles. The largest absolute Gasteiger partial charge is 0.341 e. The Hall–Kier alpha value is -1.11. The Balaban J connectivity index is 2.12. The third kappa shape index (κ3) is 3.31. The van der Waals surface area contributed by atoms with E-state index in [1.807, 2.05) is 0 Å². The molecule has 1 aromatic rings. The molecule has 1 heterocycles. The molecule has 1 amide bonds. The molecule has 5 nitrogen and oxygen atoms in total. The van der Waals surface area contributed by atoms with Crippen LogP contribution < -0.4 is 4.72 Å². The van der Waals surface area contributed by atoms with Gasteiger partial charge in [0.25, 0.3) is 0 Å². The molecule has 1 N–H and O–H groups in total. The van der Waals surface area contributed by atoms with Crippen LogP contribution in [0.4, 0.5) is 0 Å². The van der Waals surface area contributed by atoms with Crippen molar-refractivity contribution in [2.45, 2.75) is 30.7 Å². The first-order valence-electron chi connectivity index (χ1n) is 6.47. The Kier molecular flexibility index (Phi) is 4.67. The fraction of sp³-hybridized carbons (Fsp3) is 0.462. The van der Waals surface area contributed by atoms with Crippen LogP contribution in [0.25, 0.3) is 0 Å². The second kappa shape index (κ2) is 6.11. The predicted octanol–water partition coefficient (Wildman–Crippen LogP) is 1.63. The lowest BCUT2D eigenvalue weighted by Gasteiger charge is -2.21. The average Bonchev–Trinajstić information content (AvgIpc) is 2.91. The van der Waals surface area contributed by atoms with Crippen LogP contribution in [0.3, 0.4) is 0 Å². The van der Waals surface area contributed by atoms with Crippen molar-refractivity contribution < 1.29 is 13.2 Å². The van der Waals surface area contributed by atoms with Crippen molar-refractivity contribution in [1.29, 1.82) is 0 Å². The van der Waals surface area contributed by atoms with Crippen molar-refractivity contribution in [2.24, 2.45) is 0 Å². The highest BCUT2D eigenvalue weighted by Crippen LogP contribution is 2.20. The zero-order valence-corrected chi connectivity index (χ0v) is 12.7. The summed E-state index contributed by atoms with van der Waals surface area (Å²) in [6, 6.07) is 5.36. The first-order chi connectivity index (χ1) is 9.42. The summed E-state index contributed by atoms with van der Waals surface area (Å²) in [5, 5.41) is 0.140. The first-order valence-corrected chi connectivity index (χ1v) is 8.33. The molecule has 20 heavy (non-hydrogen) atoms. The van der Waals surface area contributed by atoms with Crippen LogP contribution in [0.5, 0.6) is 0 Å². The molecule has 0 bridgehead atoms. The summed E-state index contributed by atoms with van der Waals surface area (Å²) >= 11 is 5.88. The number of benzene rings is 1. The minimum Gasteiger partial charge on any atom is -0.341 e. The van der Waals surface area contributed by atoms with Crippen LogP contribution in [0.1, 0.15) is 19.8 Å². The molecule has 0 unspecified atom stereocenters. The number of hydrogen-bond acceptors (Lipinski definition) is 3. The second-order valence-electron chi connectivity index (χ2n) is 4.81. The molecule has 0 saturated carbocycles. The highest BCUT2D eigenvalue weighted by atomic mass is 35.5. The molecule has 1 atom stereocenters. The van der Waals surface area contributed by atoms with E-state index in [4.69, 9.17) is 11.6 Å². The van der Waals surface area contributed by atoms with E-state index >= 15 is 0 Å². The predicted molar refractivity (Wildman–Crippen MR) is 77.0 cm³/mol. The fourth-order valence-corrected chi connectivity index (χ4v) is 3.94. The van der Waals surface area contributed by atoms with E-state index in [1.54, 1.807) is 24.0 Å². The molecule has 7 heteroatoms. The molecular formula is C13H17ClN2O3S. The number of nitrogens with one attached hydrogen (secondary N) is 1. The fourth-order valence-electron chi connectivity index (χ4n) is 2.22. The molecule has 1 fully saturated rings. The Bertz CT molecular complexity index is 597. The van der Waals surface area contributed by atoms with Gasteiger partial charge in [0.2, 0.25) is 15.9 Å². The van der Waals surface area contributed by atoms with Crippen molar-refractivity contribution >= 4 is 27.5 Å². The van der Waals surface area contributed by atoms with Crippen LogP contribution >= 0.6 is 11.6 Å². The minimum absolute atomic E-state index is 0.0114. The van der Waals surface area contributed by atoms with E-state index in [2.05, 4.69) is 4.72 Å². The van der Waals surface area contributed by atoms with Crippen molar-refractivity contribution in [3.05, 3.63) is 29.3 Å². The number of amides is 1. The summed E-state index contributed by atoms with van der Waals surface area (Å²) in [4.78, 5) is 13.8. The number of carbonyl (C=O) groups is 1. The lowest BCUT2D eigenvalue weighted by molar-refractivity contribution is -0.131. The summed E-state index contributed by atoms with van der Waals surface area (Å²) in [6.07, 6.45) is 1.94. The number of hydrogen-bond donors (Lipinski definition) is 1. The molecule has 110 valence electrons. The van der Waals surface area contributed by atoms with Gasteiger partial charge in [0.1, 0.15) is 4.90 Å². The monoisotopic (exact) mass is 316 g/mol. The maximum absolute atomic E-state index is 12.2. The Morgan fingerprint density at radius 3 is 2.50 bits per heavy atom. The molecule has 0 aliphatic carbocycles. The van der Waals surface area contributed by atoms with Crippen LogP contribution in [0.15, 0.2) is 29.2 Å². The summed E-state index contributed by atoms with van der Waals surface area (Å²) in [7, 11) is -3.79. The van der Waals surface area contributed by atoms with Gasteiger partial charge in [0.15, 0.2) is 0 Å². The lowest BCUT2D eigenvalue weighted by Crippen LogP contribution is -2.45. The summed E-state index contributed by atoms with van der Waals surface area (Å²) in [6.45, 7) is 2.93. The number of likely N-dealkylation sites (tertiary alicyclic amines) is 1. The van der Waals surface area contributed by atoms with Crippen molar-refractivity contribution in [1.82, 2.24) is 9.62 Å². The maximum atomic E-state index is 12.2. The molecular weight excluding hydrogens is 300 g/mol. The van der Waals surface area contributed by atoms with E-state index in [0.717, 1.165) is 12.8 Å². The number of halogens is 1. The van der Waals surface area contributed by atoms with E-state index in [9.17, 15) is 13.2 Å². The van der Waals surface area contributed by atoms with E-state index in [1.165, 1.54) is 12.1 Å². The zero-order chi connectivity index (χ0) is 14.8. The Labute approximate surface area is 124 Å². The van der Waals surface area contributed by atoms with E-state index in [0.29, 0.717) is 13.1 Å². The number of sulfonamides is 1. The van der Waals surface area contributed by atoms with Gasteiger partial charge in [-0.05, 0) is 31.9 Å². The molecule has 1 aromatic carbocycles. The van der Waals surface area contributed by atoms with E-state index < -0.39 is 16.1 Å². The SMILES string of the molecule is C[C@@H](NS(=O)(=O)c1ccccc1Cl)C(=O)N1CCCC1. The van der Waals surface area contributed by atoms with Crippen LogP contribution in [-0.2, 0) is 14.8 Å². The number of carbonyl (C=O) groups excluding carboxylic acids is 1. The second-order valence-corrected chi connectivity index (χ2v) is 6.90. The normalized spacial score (nSPS) is 17.2. The van der Waals surface area contributed by atoms with Crippen LogP contribution in [0.2, 0.25) is 5.02 Å². The molecule has 0 spiro atoms. The smallest absolute Gasteiger partial charge is 0.242 e. The molecule has 0 aromatic heterocycles. The van der Waals surface area contributed by atoms with Gasteiger partial charge in [-0.15, -0.1) is 0 Å². The number of nitrogens with zero attached hydrogens (tertiary/aromatic N) is 1. The summed E-state index contributed by atoms with van der Waals surface area (Å²) < 4.78 is 26.8. The zero-order valence-electron chi connectivity index (χ0n) is 11.2. The first kappa shape index (κ1) is 15.3.